The highest BCUT2D eigenvalue weighted by Crippen LogP contribution is 2.43. The molecule has 0 saturated heterocycles. The first-order valence-corrected chi connectivity index (χ1v) is 22.0. The molecule has 1 unspecified atom stereocenters. The predicted octanol–water partition coefficient (Wildman–Crippen LogP) is 10.6. The Morgan fingerprint density at radius 1 is 0.564 bits per heavy atom. The van der Waals surface area contributed by atoms with Gasteiger partial charge in [0.2, 0.25) is 0 Å². The number of phosphoric ester groups is 1. The van der Waals surface area contributed by atoms with Gasteiger partial charge in [0.05, 0.1) is 13.2 Å². The Hall–Kier alpha value is -3.08. The Labute approximate surface area is 331 Å². The first-order valence-electron chi connectivity index (χ1n) is 20.5. The van der Waals surface area contributed by atoms with Gasteiger partial charge >= 0.3 is 25.7 Å². The zero-order valence-corrected chi connectivity index (χ0v) is 34.6. The SMILES string of the molecule is CCC/C=C/C/C=C/C/C=C/C/C=C/CCCCCC(=O)OC[C@H](COP(=O)(O)OC[C@H](N)C(=O)O)OC(=O)CCCCCCC/C=C/C/C=C/CCCC. The Kier molecular flexibility index (Phi) is 35.7. The fourth-order valence-corrected chi connectivity index (χ4v) is 5.67. The second-order valence-corrected chi connectivity index (χ2v) is 14.9. The van der Waals surface area contributed by atoms with E-state index in [9.17, 15) is 23.8 Å². The van der Waals surface area contributed by atoms with Crippen LogP contribution < -0.4 is 5.73 Å². The Morgan fingerprint density at radius 3 is 1.53 bits per heavy atom. The molecule has 11 nitrogen and oxygen atoms in total. The molecule has 0 aliphatic heterocycles. The van der Waals surface area contributed by atoms with Gasteiger partial charge < -0.3 is 25.2 Å². The number of carbonyl (C=O) groups is 3. The Bertz CT molecular complexity index is 1210. The molecule has 4 N–H and O–H groups in total. The largest absolute Gasteiger partial charge is 0.480 e. The summed E-state index contributed by atoms with van der Waals surface area (Å²) in [4.78, 5) is 45.9. The molecule has 55 heavy (non-hydrogen) atoms. The third-order valence-corrected chi connectivity index (χ3v) is 9.11. The average molecular weight is 794 g/mol. The van der Waals surface area contributed by atoms with Crippen LogP contribution in [0.5, 0.6) is 0 Å². The van der Waals surface area contributed by atoms with Gasteiger partial charge in [0.25, 0.3) is 0 Å². The molecule has 0 fully saturated rings. The summed E-state index contributed by atoms with van der Waals surface area (Å²) >= 11 is 0. The molecule has 0 heterocycles. The maximum atomic E-state index is 12.6. The van der Waals surface area contributed by atoms with Gasteiger partial charge in [0.1, 0.15) is 12.6 Å². The summed E-state index contributed by atoms with van der Waals surface area (Å²) in [5.74, 6) is -2.45. The monoisotopic (exact) mass is 793 g/mol. The summed E-state index contributed by atoms with van der Waals surface area (Å²) in [5, 5.41) is 8.87. The smallest absolute Gasteiger partial charge is 0.472 e. The molecule has 0 spiro atoms. The van der Waals surface area contributed by atoms with Crippen molar-refractivity contribution in [1.29, 1.82) is 0 Å². The summed E-state index contributed by atoms with van der Waals surface area (Å²) < 4.78 is 32.6. The molecule has 0 aliphatic rings. The van der Waals surface area contributed by atoms with Crippen molar-refractivity contribution in [1.82, 2.24) is 0 Å². The minimum atomic E-state index is -4.73. The molecule has 0 rings (SSSR count). The fraction of sp³-hybridized carbons (Fsp3) is 0.651. The van der Waals surface area contributed by atoms with E-state index in [1.54, 1.807) is 0 Å². The third kappa shape index (κ3) is 37.6. The summed E-state index contributed by atoms with van der Waals surface area (Å²) in [6.07, 6.45) is 43.9. The standard InChI is InChI=1S/C43H72NO10P/c1-3-5-7-9-11-13-15-17-19-20-21-23-24-26-28-30-32-34-41(45)51-36-39(37-52-55(49,50)53-38-40(44)43(47)48)54-42(46)35-33-31-29-27-25-22-18-16-14-12-10-8-6-4-2/h7,9-10,12-13,15-16,18-20,23-24,39-40H,3-6,8,11,14,17,21-22,25-38,44H2,1-2H3,(H,47,48)(H,49,50)/b9-7+,12-10+,15-13+,18-16+,20-19+,24-23+/t39-,40+/m1/s1. The van der Waals surface area contributed by atoms with E-state index in [1.807, 2.05) is 0 Å². The number of carboxylic acid groups (broad SMARTS) is 1. The highest BCUT2D eigenvalue weighted by atomic mass is 31.2. The van der Waals surface area contributed by atoms with Crippen molar-refractivity contribution in [3.05, 3.63) is 72.9 Å². The van der Waals surface area contributed by atoms with Crippen molar-refractivity contribution in [2.75, 3.05) is 19.8 Å². The lowest BCUT2D eigenvalue weighted by atomic mass is 10.1. The molecular weight excluding hydrogens is 721 g/mol. The van der Waals surface area contributed by atoms with Crippen molar-refractivity contribution in [3.8, 4) is 0 Å². The number of carboxylic acids is 1. The zero-order valence-electron chi connectivity index (χ0n) is 33.7. The van der Waals surface area contributed by atoms with Crippen LogP contribution >= 0.6 is 7.82 Å². The molecule has 12 heteroatoms. The summed E-state index contributed by atoms with van der Waals surface area (Å²) in [7, 11) is -4.73. The van der Waals surface area contributed by atoms with Crippen molar-refractivity contribution in [3.63, 3.8) is 0 Å². The number of rotatable bonds is 37. The molecule has 0 saturated carbocycles. The van der Waals surface area contributed by atoms with E-state index in [2.05, 4.69) is 91.3 Å². The van der Waals surface area contributed by atoms with Gasteiger partial charge in [-0.05, 0) is 77.0 Å². The highest BCUT2D eigenvalue weighted by Gasteiger charge is 2.28. The van der Waals surface area contributed by atoms with Crippen LogP contribution in [0.3, 0.4) is 0 Å². The summed E-state index contributed by atoms with van der Waals surface area (Å²) in [5.41, 5.74) is 5.32. The van der Waals surface area contributed by atoms with E-state index in [0.29, 0.717) is 12.8 Å². The van der Waals surface area contributed by atoms with Crippen molar-refractivity contribution >= 4 is 25.7 Å². The highest BCUT2D eigenvalue weighted by molar-refractivity contribution is 7.47. The predicted molar refractivity (Wildman–Crippen MR) is 221 cm³/mol. The van der Waals surface area contributed by atoms with E-state index in [-0.39, 0.29) is 19.4 Å². The number of unbranched alkanes of at least 4 members (excludes halogenated alkanes) is 11. The normalized spacial score (nSPS) is 14.5. The molecule has 0 aromatic heterocycles. The van der Waals surface area contributed by atoms with Crippen molar-refractivity contribution in [2.24, 2.45) is 5.73 Å². The van der Waals surface area contributed by atoms with E-state index < -0.39 is 51.1 Å². The zero-order chi connectivity index (χ0) is 40.7. The number of nitrogens with two attached hydrogens (primary N) is 1. The Balaban J connectivity index is 4.50. The van der Waals surface area contributed by atoms with Crippen LogP contribution in [-0.4, -0.2) is 59.9 Å². The molecule has 0 aromatic carbocycles. The van der Waals surface area contributed by atoms with E-state index in [1.165, 1.54) is 19.3 Å². The topological polar surface area (TPSA) is 172 Å². The summed E-state index contributed by atoms with van der Waals surface area (Å²) in [6.45, 7) is 2.62. The van der Waals surface area contributed by atoms with Gasteiger partial charge in [-0.15, -0.1) is 0 Å². The van der Waals surface area contributed by atoms with Gasteiger partial charge in [-0.25, -0.2) is 4.57 Å². The van der Waals surface area contributed by atoms with Gasteiger partial charge in [0.15, 0.2) is 6.10 Å². The van der Waals surface area contributed by atoms with Crippen LogP contribution in [0, 0.1) is 0 Å². The second kappa shape index (κ2) is 37.8. The van der Waals surface area contributed by atoms with Gasteiger partial charge in [-0.1, -0.05) is 132 Å². The molecular formula is C43H72NO10P. The molecule has 0 aromatic rings. The molecule has 0 bridgehead atoms. The molecule has 3 atom stereocenters. The molecule has 314 valence electrons. The quantitative estimate of drug-likeness (QED) is 0.0236. The summed E-state index contributed by atoms with van der Waals surface area (Å²) in [6, 6.07) is -1.53. The lowest BCUT2D eigenvalue weighted by molar-refractivity contribution is -0.161. The van der Waals surface area contributed by atoms with Gasteiger partial charge in [-0.2, -0.15) is 0 Å². The number of ether oxygens (including phenoxy) is 2. The number of carbonyl (C=O) groups excluding carboxylic acids is 2. The molecule has 0 radical (unpaired) electrons. The van der Waals surface area contributed by atoms with E-state index in [4.69, 9.17) is 24.8 Å². The van der Waals surface area contributed by atoms with Crippen LogP contribution in [0.25, 0.3) is 0 Å². The van der Waals surface area contributed by atoms with Crippen LogP contribution in [0.1, 0.15) is 149 Å². The number of esters is 2. The van der Waals surface area contributed by atoms with Crippen LogP contribution in [0.15, 0.2) is 72.9 Å². The number of hydrogen-bond donors (Lipinski definition) is 3. The van der Waals surface area contributed by atoms with Crippen molar-refractivity contribution in [2.45, 2.75) is 161 Å². The fourth-order valence-electron chi connectivity index (χ4n) is 4.89. The maximum absolute atomic E-state index is 12.6. The Morgan fingerprint density at radius 2 is 1.00 bits per heavy atom. The average Bonchev–Trinajstić information content (AvgIpc) is 3.16. The number of aliphatic carboxylic acids is 1. The van der Waals surface area contributed by atoms with Gasteiger partial charge in [-0.3, -0.25) is 23.4 Å². The van der Waals surface area contributed by atoms with Crippen molar-refractivity contribution < 1.29 is 47.5 Å². The first-order chi connectivity index (χ1) is 26.6. The van der Waals surface area contributed by atoms with Crippen LogP contribution in [0.2, 0.25) is 0 Å². The van der Waals surface area contributed by atoms with Crippen LogP contribution in [0.4, 0.5) is 0 Å². The second-order valence-electron chi connectivity index (χ2n) is 13.4. The number of phosphoric acid groups is 1. The minimum absolute atomic E-state index is 0.134. The van der Waals surface area contributed by atoms with Crippen LogP contribution in [-0.2, 0) is 37.5 Å². The third-order valence-electron chi connectivity index (χ3n) is 8.16. The van der Waals surface area contributed by atoms with E-state index in [0.717, 1.165) is 89.9 Å². The maximum Gasteiger partial charge on any atom is 0.472 e. The van der Waals surface area contributed by atoms with E-state index >= 15 is 0 Å². The lowest BCUT2D eigenvalue weighted by Gasteiger charge is -2.20. The lowest BCUT2D eigenvalue weighted by Crippen LogP contribution is -2.34. The first kappa shape index (κ1) is 51.9. The number of allylic oxidation sites excluding steroid dienone is 12. The molecule has 0 aliphatic carbocycles. The van der Waals surface area contributed by atoms with Gasteiger partial charge in [0, 0.05) is 12.8 Å². The number of hydrogen-bond acceptors (Lipinski definition) is 9. The minimum Gasteiger partial charge on any atom is -0.480 e. The molecule has 0 amide bonds.